The Morgan fingerprint density at radius 1 is 1.00 bits per heavy atom. The second kappa shape index (κ2) is 9.93. The largest absolute Gasteiger partial charge is 0.493 e. The number of carbonyl (C=O) groups excluding carboxylic acids is 2. The minimum absolute atomic E-state index is 0.267. The number of rotatable bonds is 9. The van der Waals surface area contributed by atoms with Gasteiger partial charge >= 0.3 is 5.97 Å². The molecule has 0 saturated heterocycles. The van der Waals surface area contributed by atoms with Gasteiger partial charge in [-0.1, -0.05) is 24.3 Å². The van der Waals surface area contributed by atoms with Gasteiger partial charge in [-0.05, 0) is 24.3 Å². The number of para-hydroxylation sites is 3. The fourth-order valence-corrected chi connectivity index (χ4v) is 2.23. The van der Waals surface area contributed by atoms with E-state index in [4.69, 9.17) is 14.2 Å². The molecule has 0 fully saturated rings. The summed E-state index contributed by atoms with van der Waals surface area (Å²) in [6.07, 6.45) is 0. The van der Waals surface area contributed by atoms with Crippen LogP contribution in [-0.4, -0.2) is 45.8 Å². The predicted octanol–water partition coefficient (Wildman–Crippen LogP) is 2.09. The Bertz CT molecular complexity index is 748. The van der Waals surface area contributed by atoms with Gasteiger partial charge in [-0.15, -0.1) is 0 Å². The Labute approximate surface area is 152 Å². The van der Waals surface area contributed by atoms with E-state index in [1.54, 1.807) is 50.6 Å². The number of amides is 1. The lowest BCUT2D eigenvalue weighted by Crippen LogP contribution is -2.32. The van der Waals surface area contributed by atoms with E-state index in [2.05, 4.69) is 10.6 Å². The summed E-state index contributed by atoms with van der Waals surface area (Å²) in [6.45, 7) is 0.190. The molecule has 2 rings (SSSR count). The number of anilines is 1. The maximum atomic E-state index is 12.0. The van der Waals surface area contributed by atoms with Crippen molar-refractivity contribution in [2.75, 3.05) is 39.2 Å². The van der Waals surface area contributed by atoms with Crippen molar-refractivity contribution >= 4 is 17.6 Å². The van der Waals surface area contributed by atoms with E-state index in [1.807, 2.05) is 12.1 Å². The second-order valence-corrected chi connectivity index (χ2v) is 5.22. The standard InChI is InChI=1S/C19H22N2O5/c1-20-15-8-4-3-7-14(15)19(23)26-13-18(22)21-11-12-25-17-10-6-5-9-16(17)24-2/h3-10,20H,11-13H2,1-2H3,(H,21,22). The number of benzene rings is 2. The molecular weight excluding hydrogens is 336 g/mol. The molecule has 0 bridgehead atoms. The van der Waals surface area contributed by atoms with E-state index in [0.717, 1.165) is 0 Å². The van der Waals surface area contributed by atoms with Crippen molar-refractivity contribution in [2.24, 2.45) is 0 Å². The van der Waals surface area contributed by atoms with Gasteiger partial charge in [-0.2, -0.15) is 0 Å². The van der Waals surface area contributed by atoms with Crippen LogP contribution in [-0.2, 0) is 9.53 Å². The third-order valence-corrected chi connectivity index (χ3v) is 3.50. The summed E-state index contributed by atoms with van der Waals surface area (Å²) >= 11 is 0. The number of nitrogens with one attached hydrogen (secondary N) is 2. The fraction of sp³-hybridized carbons (Fsp3) is 0.263. The molecule has 2 N–H and O–H groups in total. The quantitative estimate of drug-likeness (QED) is 0.527. The first kappa shape index (κ1) is 19.1. The van der Waals surface area contributed by atoms with Crippen molar-refractivity contribution in [2.45, 2.75) is 0 Å². The Morgan fingerprint density at radius 2 is 1.69 bits per heavy atom. The van der Waals surface area contributed by atoms with Crippen LogP contribution in [0.1, 0.15) is 10.4 Å². The first-order chi connectivity index (χ1) is 12.7. The molecule has 0 aliphatic heterocycles. The van der Waals surface area contributed by atoms with Crippen LogP contribution in [0.15, 0.2) is 48.5 Å². The van der Waals surface area contributed by atoms with Crippen LogP contribution in [0.25, 0.3) is 0 Å². The third-order valence-electron chi connectivity index (χ3n) is 3.50. The molecule has 0 aliphatic carbocycles. The van der Waals surface area contributed by atoms with Gasteiger partial charge in [0, 0.05) is 12.7 Å². The zero-order chi connectivity index (χ0) is 18.8. The van der Waals surface area contributed by atoms with Gasteiger partial charge in [0.05, 0.1) is 19.2 Å². The summed E-state index contributed by atoms with van der Waals surface area (Å²) in [5.41, 5.74) is 1.02. The van der Waals surface area contributed by atoms with Crippen LogP contribution >= 0.6 is 0 Å². The lowest BCUT2D eigenvalue weighted by molar-refractivity contribution is -0.124. The average Bonchev–Trinajstić information content (AvgIpc) is 2.69. The van der Waals surface area contributed by atoms with E-state index in [0.29, 0.717) is 22.7 Å². The van der Waals surface area contributed by atoms with E-state index in [9.17, 15) is 9.59 Å². The highest BCUT2D eigenvalue weighted by Gasteiger charge is 2.13. The minimum Gasteiger partial charge on any atom is -0.493 e. The maximum Gasteiger partial charge on any atom is 0.340 e. The molecule has 0 spiro atoms. The zero-order valence-corrected chi connectivity index (χ0v) is 14.8. The van der Waals surface area contributed by atoms with Gasteiger partial charge in [-0.3, -0.25) is 4.79 Å². The van der Waals surface area contributed by atoms with Gasteiger partial charge in [-0.25, -0.2) is 4.79 Å². The molecule has 26 heavy (non-hydrogen) atoms. The van der Waals surface area contributed by atoms with Gasteiger partial charge < -0.3 is 24.8 Å². The molecule has 0 atom stereocenters. The van der Waals surface area contributed by atoms with Gasteiger partial charge in [0.2, 0.25) is 0 Å². The molecule has 0 aliphatic rings. The third kappa shape index (κ3) is 5.41. The van der Waals surface area contributed by atoms with Crippen molar-refractivity contribution in [1.82, 2.24) is 5.32 Å². The summed E-state index contributed by atoms with van der Waals surface area (Å²) in [7, 11) is 3.27. The van der Waals surface area contributed by atoms with Crippen LogP contribution in [0.2, 0.25) is 0 Å². The number of ether oxygens (including phenoxy) is 3. The Kier molecular flexibility index (Phi) is 7.30. The molecule has 1 amide bonds. The highest BCUT2D eigenvalue weighted by atomic mass is 16.5. The van der Waals surface area contributed by atoms with Crippen molar-refractivity contribution in [3.05, 3.63) is 54.1 Å². The van der Waals surface area contributed by atoms with Gasteiger partial charge in [0.1, 0.15) is 6.61 Å². The summed E-state index contributed by atoms with van der Waals surface area (Å²) < 4.78 is 15.8. The topological polar surface area (TPSA) is 85.9 Å². The van der Waals surface area contributed by atoms with Crippen LogP contribution < -0.4 is 20.1 Å². The molecule has 2 aromatic carbocycles. The summed E-state index contributed by atoms with van der Waals surface area (Å²) in [6, 6.07) is 14.2. The van der Waals surface area contributed by atoms with Crippen LogP contribution in [0.3, 0.4) is 0 Å². The molecular formula is C19H22N2O5. The number of methoxy groups -OCH3 is 1. The van der Waals surface area contributed by atoms with Crippen molar-refractivity contribution < 1.29 is 23.8 Å². The van der Waals surface area contributed by atoms with E-state index in [1.165, 1.54) is 0 Å². The average molecular weight is 358 g/mol. The highest BCUT2D eigenvalue weighted by Crippen LogP contribution is 2.25. The fourth-order valence-electron chi connectivity index (χ4n) is 2.23. The Balaban J connectivity index is 1.71. The molecule has 7 nitrogen and oxygen atoms in total. The first-order valence-corrected chi connectivity index (χ1v) is 8.12. The van der Waals surface area contributed by atoms with Crippen LogP contribution in [0.5, 0.6) is 11.5 Å². The lowest BCUT2D eigenvalue weighted by atomic mass is 10.2. The normalized spacial score (nSPS) is 9.92. The molecule has 0 radical (unpaired) electrons. The minimum atomic E-state index is -0.560. The molecule has 2 aromatic rings. The highest BCUT2D eigenvalue weighted by molar-refractivity contribution is 5.96. The van der Waals surface area contributed by atoms with E-state index >= 15 is 0 Å². The van der Waals surface area contributed by atoms with Crippen molar-refractivity contribution in [3.63, 3.8) is 0 Å². The number of hydrogen-bond donors (Lipinski definition) is 2. The van der Waals surface area contributed by atoms with Gasteiger partial charge in [0.25, 0.3) is 5.91 Å². The molecule has 0 saturated carbocycles. The van der Waals surface area contributed by atoms with Crippen LogP contribution in [0.4, 0.5) is 5.69 Å². The second-order valence-electron chi connectivity index (χ2n) is 5.22. The molecule has 138 valence electrons. The molecule has 0 unspecified atom stereocenters. The SMILES string of the molecule is CNc1ccccc1C(=O)OCC(=O)NCCOc1ccccc1OC. The van der Waals surface area contributed by atoms with Crippen LogP contribution in [0, 0.1) is 0 Å². The maximum absolute atomic E-state index is 12.0. The zero-order valence-electron chi connectivity index (χ0n) is 14.8. The Hall–Kier alpha value is -3.22. The Morgan fingerprint density at radius 3 is 2.42 bits per heavy atom. The number of hydrogen-bond acceptors (Lipinski definition) is 6. The molecule has 7 heteroatoms. The van der Waals surface area contributed by atoms with E-state index < -0.39 is 11.9 Å². The predicted molar refractivity (Wildman–Crippen MR) is 97.8 cm³/mol. The van der Waals surface area contributed by atoms with Crippen molar-refractivity contribution in [3.8, 4) is 11.5 Å². The summed E-state index contributed by atoms with van der Waals surface area (Å²) in [4.78, 5) is 23.8. The summed E-state index contributed by atoms with van der Waals surface area (Å²) in [5, 5.41) is 5.53. The summed E-state index contributed by atoms with van der Waals surface area (Å²) in [5.74, 6) is 0.259. The number of carbonyl (C=O) groups is 2. The first-order valence-electron chi connectivity index (χ1n) is 8.12. The lowest BCUT2D eigenvalue weighted by Gasteiger charge is -2.11. The molecule has 0 aromatic heterocycles. The number of esters is 1. The molecule has 0 heterocycles. The monoisotopic (exact) mass is 358 g/mol. The smallest absolute Gasteiger partial charge is 0.340 e. The van der Waals surface area contributed by atoms with Gasteiger partial charge in [0.15, 0.2) is 18.1 Å². The van der Waals surface area contributed by atoms with Crippen molar-refractivity contribution in [1.29, 1.82) is 0 Å². The van der Waals surface area contributed by atoms with E-state index in [-0.39, 0.29) is 19.8 Å².